The van der Waals surface area contributed by atoms with Crippen LogP contribution in [-0.2, 0) is 0 Å². The zero-order valence-electron chi connectivity index (χ0n) is 9.70. The van der Waals surface area contributed by atoms with Gasteiger partial charge in [0.2, 0.25) is 5.95 Å². The second-order valence-electron chi connectivity index (χ2n) is 4.38. The molecule has 4 nitrogen and oxygen atoms in total. The van der Waals surface area contributed by atoms with Crippen molar-refractivity contribution in [3.05, 3.63) is 16.9 Å². The summed E-state index contributed by atoms with van der Waals surface area (Å²) < 4.78 is 0. The van der Waals surface area contributed by atoms with Gasteiger partial charge in [0.15, 0.2) is 0 Å². The van der Waals surface area contributed by atoms with Gasteiger partial charge >= 0.3 is 0 Å². The molecular formula is C11H17ClN4. The van der Waals surface area contributed by atoms with Gasteiger partial charge in [-0.1, -0.05) is 11.6 Å². The molecule has 0 aromatic carbocycles. The molecule has 0 saturated carbocycles. The zero-order chi connectivity index (χ0) is 11.5. The maximum atomic E-state index is 5.98. The summed E-state index contributed by atoms with van der Waals surface area (Å²) in [6.07, 6.45) is 3.00. The summed E-state index contributed by atoms with van der Waals surface area (Å²) >= 11 is 5.98. The van der Waals surface area contributed by atoms with Gasteiger partial charge in [0, 0.05) is 25.4 Å². The van der Waals surface area contributed by atoms with Crippen molar-refractivity contribution in [2.24, 2.45) is 5.92 Å². The molecule has 0 unspecified atom stereocenters. The van der Waals surface area contributed by atoms with Crippen LogP contribution in [0.4, 0.5) is 5.95 Å². The first kappa shape index (κ1) is 11.6. The van der Waals surface area contributed by atoms with E-state index in [4.69, 9.17) is 11.6 Å². The van der Waals surface area contributed by atoms with Crippen LogP contribution in [0.1, 0.15) is 12.0 Å². The van der Waals surface area contributed by atoms with E-state index < -0.39 is 0 Å². The molecule has 0 radical (unpaired) electrons. The Bertz CT molecular complexity index is 363. The fourth-order valence-corrected chi connectivity index (χ4v) is 2.06. The lowest BCUT2D eigenvalue weighted by Crippen LogP contribution is -2.28. The lowest BCUT2D eigenvalue weighted by molar-refractivity contribution is 0.573. The molecule has 1 aromatic heterocycles. The summed E-state index contributed by atoms with van der Waals surface area (Å²) in [6.45, 7) is 5.09. The second-order valence-corrected chi connectivity index (χ2v) is 4.74. The third-order valence-corrected chi connectivity index (χ3v) is 3.32. The molecule has 1 aliphatic rings. The lowest BCUT2D eigenvalue weighted by atomic mass is 10.1. The van der Waals surface area contributed by atoms with Crippen LogP contribution in [0.3, 0.4) is 0 Å². The molecule has 88 valence electrons. The highest BCUT2D eigenvalue weighted by Gasteiger charge is 2.17. The molecule has 0 aliphatic carbocycles. The molecule has 1 saturated heterocycles. The SMILES string of the molecule is Cc1cnc(N(C)C[C@@H]2CCNC2)nc1Cl. The fraction of sp³-hybridized carbons (Fsp3) is 0.636. The number of nitrogens with zero attached hydrogens (tertiary/aromatic N) is 3. The van der Waals surface area contributed by atoms with E-state index in [0.29, 0.717) is 17.0 Å². The van der Waals surface area contributed by atoms with Gasteiger partial charge in [-0.05, 0) is 32.4 Å². The van der Waals surface area contributed by atoms with E-state index in [1.165, 1.54) is 6.42 Å². The highest BCUT2D eigenvalue weighted by molar-refractivity contribution is 6.30. The van der Waals surface area contributed by atoms with Gasteiger partial charge in [-0.15, -0.1) is 0 Å². The number of anilines is 1. The summed E-state index contributed by atoms with van der Waals surface area (Å²) in [7, 11) is 2.01. The van der Waals surface area contributed by atoms with E-state index in [1.54, 1.807) is 6.20 Å². The molecule has 1 N–H and O–H groups in total. The monoisotopic (exact) mass is 240 g/mol. The predicted octanol–water partition coefficient (Wildman–Crippen LogP) is 1.48. The van der Waals surface area contributed by atoms with Crippen molar-refractivity contribution in [1.29, 1.82) is 0 Å². The molecule has 0 bridgehead atoms. The summed E-state index contributed by atoms with van der Waals surface area (Å²) in [6, 6.07) is 0. The lowest BCUT2D eigenvalue weighted by Gasteiger charge is -2.20. The quantitative estimate of drug-likeness (QED) is 0.813. The first-order valence-corrected chi connectivity index (χ1v) is 5.95. The van der Waals surface area contributed by atoms with Crippen molar-refractivity contribution >= 4 is 17.5 Å². The molecular weight excluding hydrogens is 224 g/mol. The highest BCUT2D eigenvalue weighted by Crippen LogP contribution is 2.16. The number of aryl methyl sites for hydroxylation is 1. The number of nitrogens with one attached hydrogen (secondary N) is 1. The fourth-order valence-electron chi connectivity index (χ4n) is 1.94. The Balaban J connectivity index is 2.02. The van der Waals surface area contributed by atoms with E-state index >= 15 is 0 Å². The normalized spacial score (nSPS) is 20.1. The van der Waals surface area contributed by atoms with Crippen LogP contribution in [0, 0.1) is 12.8 Å². The summed E-state index contributed by atoms with van der Waals surface area (Å²) in [5.74, 6) is 1.40. The number of hydrogen-bond acceptors (Lipinski definition) is 4. The summed E-state index contributed by atoms with van der Waals surface area (Å²) in [4.78, 5) is 10.6. The molecule has 1 aliphatic heterocycles. The summed E-state index contributed by atoms with van der Waals surface area (Å²) in [5, 5.41) is 3.90. The van der Waals surface area contributed by atoms with E-state index in [2.05, 4.69) is 20.2 Å². The van der Waals surface area contributed by atoms with E-state index in [9.17, 15) is 0 Å². The van der Waals surface area contributed by atoms with Crippen LogP contribution < -0.4 is 10.2 Å². The van der Waals surface area contributed by atoms with Gasteiger partial charge in [0.1, 0.15) is 5.15 Å². The summed E-state index contributed by atoms with van der Waals surface area (Å²) in [5.41, 5.74) is 0.918. The van der Waals surface area contributed by atoms with Gasteiger partial charge in [-0.2, -0.15) is 0 Å². The maximum absolute atomic E-state index is 5.98. The van der Waals surface area contributed by atoms with Crippen molar-refractivity contribution in [2.75, 3.05) is 31.6 Å². The average molecular weight is 241 g/mol. The van der Waals surface area contributed by atoms with Crippen LogP contribution in [0.15, 0.2) is 6.20 Å². The van der Waals surface area contributed by atoms with Crippen molar-refractivity contribution in [1.82, 2.24) is 15.3 Å². The van der Waals surface area contributed by atoms with Crippen LogP contribution in [0.5, 0.6) is 0 Å². The Morgan fingerprint density at radius 3 is 3.06 bits per heavy atom. The molecule has 0 amide bonds. The van der Waals surface area contributed by atoms with Crippen LogP contribution in [-0.4, -0.2) is 36.6 Å². The smallest absolute Gasteiger partial charge is 0.226 e. The Morgan fingerprint density at radius 1 is 1.62 bits per heavy atom. The standard InChI is InChI=1S/C11H17ClN4/c1-8-5-14-11(15-10(8)12)16(2)7-9-3-4-13-6-9/h5,9,13H,3-4,6-7H2,1-2H3/t9-/m1/s1. The highest BCUT2D eigenvalue weighted by atomic mass is 35.5. The average Bonchev–Trinajstić information content (AvgIpc) is 2.74. The van der Waals surface area contributed by atoms with Gasteiger partial charge in [0.25, 0.3) is 0 Å². The minimum absolute atomic E-state index is 0.543. The van der Waals surface area contributed by atoms with Crippen molar-refractivity contribution in [3.63, 3.8) is 0 Å². The molecule has 0 spiro atoms. The molecule has 2 heterocycles. The Labute approximate surface area is 101 Å². The molecule has 1 aromatic rings. The van der Waals surface area contributed by atoms with E-state index in [1.807, 2.05) is 14.0 Å². The predicted molar refractivity (Wildman–Crippen MR) is 66.0 cm³/mol. The number of aromatic nitrogens is 2. The second kappa shape index (κ2) is 4.97. The van der Waals surface area contributed by atoms with Gasteiger partial charge in [0.05, 0.1) is 0 Å². The van der Waals surface area contributed by atoms with Gasteiger partial charge in [-0.3, -0.25) is 0 Å². The molecule has 1 fully saturated rings. The third kappa shape index (κ3) is 2.62. The maximum Gasteiger partial charge on any atom is 0.226 e. The molecule has 16 heavy (non-hydrogen) atoms. The number of rotatable bonds is 3. The Morgan fingerprint density at radius 2 is 2.44 bits per heavy atom. The minimum Gasteiger partial charge on any atom is -0.344 e. The van der Waals surface area contributed by atoms with Crippen LogP contribution in [0.2, 0.25) is 5.15 Å². The van der Waals surface area contributed by atoms with E-state index in [0.717, 1.165) is 25.2 Å². The van der Waals surface area contributed by atoms with Crippen LogP contribution >= 0.6 is 11.6 Å². The zero-order valence-corrected chi connectivity index (χ0v) is 10.5. The number of halogens is 1. The Hall–Kier alpha value is -0.870. The molecule has 1 atom stereocenters. The third-order valence-electron chi connectivity index (χ3n) is 2.93. The molecule has 2 rings (SSSR count). The first-order chi connectivity index (χ1) is 7.66. The van der Waals surface area contributed by atoms with Crippen molar-refractivity contribution in [3.8, 4) is 0 Å². The van der Waals surface area contributed by atoms with Crippen molar-refractivity contribution in [2.45, 2.75) is 13.3 Å². The van der Waals surface area contributed by atoms with Gasteiger partial charge < -0.3 is 10.2 Å². The van der Waals surface area contributed by atoms with E-state index in [-0.39, 0.29) is 0 Å². The van der Waals surface area contributed by atoms with Crippen LogP contribution in [0.25, 0.3) is 0 Å². The molecule has 5 heteroatoms. The minimum atomic E-state index is 0.543. The Kier molecular flexibility index (Phi) is 3.61. The largest absolute Gasteiger partial charge is 0.344 e. The first-order valence-electron chi connectivity index (χ1n) is 5.58. The number of hydrogen-bond donors (Lipinski definition) is 1. The topological polar surface area (TPSA) is 41.1 Å². The van der Waals surface area contributed by atoms with Gasteiger partial charge in [-0.25, -0.2) is 9.97 Å². The van der Waals surface area contributed by atoms with Crippen molar-refractivity contribution < 1.29 is 0 Å².